The molecule has 6 rings (SSSR count). The first-order valence-electron chi connectivity index (χ1n) is 10.5. The van der Waals surface area contributed by atoms with Crippen molar-refractivity contribution < 1.29 is 18.7 Å². The number of nitrogens with zero attached hydrogens (tertiary/aromatic N) is 6. The Morgan fingerprint density at radius 1 is 1.06 bits per heavy atom. The maximum Gasteiger partial charge on any atom is 0.240 e. The summed E-state index contributed by atoms with van der Waals surface area (Å²) < 4.78 is 23.4. The van der Waals surface area contributed by atoms with E-state index in [1.54, 1.807) is 17.7 Å². The van der Waals surface area contributed by atoms with Crippen LogP contribution in [0.2, 0.25) is 0 Å². The molecule has 0 atom stereocenters. The minimum Gasteiger partial charge on any atom is -0.470 e. The number of methoxy groups -OCH3 is 1. The molecule has 0 bridgehead atoms. The molecule has 0 spiro atoms. The van der Waals surface area contributed by atoms with Crippen molar-refractivity contribution in [2.24, 2.45) is 0 Å². The van der Waals surface area contributed by atoms with Gasteiger partial charge in [-0.15, -0.1) is 15.3 Å². The third-order valence-corrected chi connectivity index (χ3v) is 5.62. The Morgan fingerprint density at radius 2 is 1.94 bits per heavy atom. The fourth-order valence-electron chi connectivity index (χ4n) is 3.78. The van der Waals surface area contributed by atoms with Gasteiger partial charge in [-0.3, -0.25) is 4.98 Å². The highest BCUT2D eigenvalue weighted by Crippen LogP contribution is 2.29. The van der Waals surface area contributed by atoms with E-state index in [0.717, 1.165) is 29.7 Å². The number of aromatic nitrogens is 6. The molecule has 166 valence electrons. The van der Waals surface area contributed by atoms with Gasteiger partial charge in [-0.05, 0) is 17.7 Å². The predicted octanol–water partition coefficient (Wildman–Crippen LogP) is 3.17. The summed E-state index contributed by atoms with van der Waals surface area (Å²) in [5, 5.41) is 19.1. The predicted molar refractivity (Wildman–Crippen MR) is 117 cm³/mol. The van der Waals surface area contributed by atoms with Crippen LogP contribution in [0.1, 0.15) is 22.9 Å². The number of hydrogen-bond donors (Lipinski definition) is 0. The first-order valence-corrected chi connectivity index (χ1v) is 10.5. The number of rotatable bonds is 7. The SMILES string of the molecule is COCc1cc(-c2nnc3c4ccccc4c(OCc4ccc(C5COC5)cn4)nn23)no1. The molecule has 4 aromatic heterocycles. The second kappa shape index (κ2) is 8.23. The van der Waals surface area contributed by atoms with Gasteiger partial charge in [0, 0.05) is 36.1 Å². The smallest absolute Gasteiger partial charge is 0.240 e. The van der Waals surface area contributed by atoms with Gasteiger partial charge >= 0.3 is 0 Å². The van der Waals surface area contributed by atoms with Crippen LogP contribution in [0.5, 0.6) is 5.88 Å². The molecule has 1 aliphatic heterocycles. The molecular weight excluding hydrogens is 424 g/mol. The summed E-state index contributed by atoms with van der Waals surface area (Å²) in [7, 11) is 1.59. The molecule has 0 unspecified atom stereocenters. The second-order valence-corrected chi connectivity index (χ2v) is 7.83. The van der Waals surface area contributed by atoms with Gasteiger partial charge in [-0.1, -0.05) is 29.4 Å². The molecule has 5 heterocycles. The lowest BCUT2D eigenvalue weighted by molar-refractivity contribution is 0.00827. The van der Waals surface area contributed by atoms with Gasteiger partial charge in [0.1, 0.15) is 13.2 Å². The summed E-state index contributed by atoms with van der Waals surface area (Å²) in [6.45, 7) is 2.11. The number of benzene rings is 1. The first kappa shape index (κ1) is 19.8. The Kier molecular flexibility index (Phi) is 4.93. The van der Waals surface area contributed by atoms with E-state index in [0.29, 0.717) is 41.3 Å². The molecule has 5 aromatic rings. The Bertz CT molecular complexity index is 1420. The maximum absolute atomic E-state index is 6.12. The monoisotopic (exact) mass is 444 g/mol. The van der Waals surface area contributed by atoms with Gasteiger partial charge in [-0.25, -0.2) is 0 Å². The molecule has 1 aromatic carbocycles. The molecule has 1 fully saturated rings. The van der Waals surface area contributed by atoms with Crippen LogP contribution in [0.3, 0.4) is 0 Å². The summed E-state index contributed by atoms with van der Waals surface area (Å²) in [5.74, 6) is 1.94. The van der Waals surface area contributed by atoms with Crippen LogP contribution in [-0.4, -0.2) is 50.3 Å². The third-order valence-electron chi connectivity index (χ3n) is 5.62. The van der Waals surface area contributed by atoms with Crippen LogP contribution < -0.4 is 4.74 Å². The van der Waals surface area contributed by atoms with Crippen LogP contribution in [0.4, 0.5) is 0 Å². The van der Waals surface area contributed by atoms with Crippen molar-refractivity contribution in [3.8, 4) is 17.4 Å². The van der Waals surface area contributed by atoms with Gasteiger partial charge < -0.3 is 18.7 Å². The highest BCUT2D eigenvalue weighted by atomic mass is 16.5. The average Bonchev–Trinajstić information content (AvgIpc) is 3.44. The lowest BCUT2D eigenvalue weighted by Crippen LogP contribution is -2.25. The Morgan fingerprint density at radius 3 is 2.70 bits per heavy atom. The van der Waals surface area contributed by atoms with Crippen molar-refractivity contribution >= 4 is 16.4 Å². The van der Waals surface area contributed by atoms with Gasteiger partial charge in [0.2, 0.25) is 11.7 Å². The number of pyridine rings is 1. The fraction of sp³-hybridized carbons (Fsp3) is 0.261. The fourth-order valence-corrected chi connectivity index (χ4v) is 3.78. The van der Waals surface area contributed by atoms with Crippen LogP contribution >= 0.6 is 0 Å². The molecule has 10 heteroatoms. The first-order chi connectivity index (χ1) is 16.3. The number of hydrogen-bond acceptors (Lipinski definition) is 9. The number of ether oxygens (including phenoxy) is 3. The minimum atomic E-state index is 0.281. The topological polar surface area (TPSA) is 110 Å². The standard InChI is InChI=1S/C23H20N6O4/c1-30-13-17-8-20(28-33-17)22-26-25-21-18-4-2-3-5-19(18)23(27-29(21)22)32-12-16-7-6-14(9-24-16)15-10-31-11-15/h2-9,15H,10-13H2,1H3. The highest BCUT2D eigenvalue weighted by molar-refractivity contribution is 5.96. The molecule has 0 saturated carbocycles. The zero-order valence-electron chi connectivity index (χ0n) is 17.8. The normalized spacial score (nSPS) is 14.1. The van der Waals surface area contributed by atoms with Gasteiger partial charge in [-0.2, -0.15) is 4.52 Å². The average molecular weight is 444 g/mol. The summed E-state index contributed by atoms with van der Waals surface area (Å²) in [5.41, 5.74) is 3.12. The third kappa shape index (κ3) is 3.59. The van der Waals surface area contributed by atoms with Crippen molar-refractivity contribution in [3.63, 3.8) is 0 Å². The lowest BCUT2D eigenvalue weighted by atomic mass is 9.99. The van der Waals surface area contributed by atoms with Gasteiger partial charge in [0.05, 0.1) is 18.9 Å². The molecule has 10 nitrogen and oxygen atoms in total. The van der Waals surface area contributed by atoms with Crippen LogP contribution in [0.25, 0.3) is 27.9 Å². The molecule has 0 amide bonds. The molecule has 0 aliphatic carbocycles. The van der Waals surface area contributed by atoms with E-state index in [4.69, 9.17) is 23.8 Å². The highest BCUT2D eigenvalue weighted by Gasteiger charge is 2.21. The zero-order valence-corrected chi connectivity index (χ0v) is 17.8. The van der Waals surface area contributed by atoms with Crippen molar-refractivity contribution in [1.29, 1.82) is 0 Å². The summed E-state index contributed by atoms with van der Waals surface area (Å²) in [6, 6.07) is 13.6. The van der Waals surface area contributed by atoms with Crippen LogP contribution in [0, 0.1) is 0 Å². The van der Waals surface area contributed by atoms with E-state index in [1.807, 2.05) is 36.5 Å². The van der Waals surface area contributed by atoms with Crippen molar-refractivity contribution in [2.45, 2.75) is 19.1 Å². The zero-order chi connectivity index (χ0) is 22.2. The van der Waals surface area contributed by atoms with Crippen molar-refractivity contribution in [1.82, 2.24) is 30.0 Å². The summed E-state index contributed by atoms with van der Waals surface area (Å²) in [4.78, 5) is 4.54. The molecule has 1 saturated heterocycles. The Balaban J connectivity index is 1.35. The summed E-state index contributed by atoms with van der Waals surface area (Å²) in [6.07, 6.45) is 1.89. The molecular formula is C23H20N6O4. The molecule has 0 radical (unpaired) electrons. The van der Waals surface area contributed by atoms with Crippen LogP contribution in [0.15, 0.2) is 53.2 Å². The van der Waals surface area contributed by atoms with Crippen molar-refractivity contribution in [2.75, 3.05) is 20.3 Å². The Hall–Kier alpha value is -3.89. The quantitative estimate of drug-likeness (QED) is 0.374. The van der Waals surface area contributed by atoms with E-state index in [1.165, 1.54) is 5.56 Å². The van der Waals surface area contributed by atoms with E-state index >= 15 is 0 Å². The van der Waals surface area contributed by atoms with E-state index in [2.05, 4.69) is 26.4 Å². The largest absolute Gasteiger partial charge is 0.470 e. The Labute approximate surface area is 188 Å². The maximum atomic E-state index is 6.12. The van der Waals surface area contributed by atoms with E-state index in [9.17, 15) is 0 Å². The summed E-state index contributed by atoms with van der Waals surface area (Å²) >= 11 is 0. The minimum absolute atomic E-state index is 0.281. The lowest BCUT2D eigenvalue weighted by Gasteiger charge is -2.25. The number of fused-ring (bicyclic) bond motifs is 3. The molecule has 0 N–H and O–H groups in total. The molecule has 1 aliphatic rings. The van der Waals surface area contributed by atoms with E-state index in [-0.39, 0.29) is 6.61 Å². The van der Waals surface area contributed by atoms with Gasteiger partial charge in [0.15, 0.2) is 17.1 Å². The van der Waals surface area contributed by atoms with Crippen molar-refractivity contribution in [3.05, 3.63) is 65.7 Å². The van der Waals surface area contributed by atoms with Gasteiger partial charge in [0.25, 0.3) is 0 Å². The van der Waals surface area contributed by atoms with E-state index < -0.39 is 0 Å². The van der Waals surface area contributed by atoms with Crippen LogP contribution in [-0.2, 0) is 22.7 Å². The molecule has 33 heavy (non-hydrogen) atoms. The second-order valence-electron chi connectivity index (χ2n) is 7.83.